The largest absolute Gasteiger partial charge is 0.509 e. The van der Waals surface area contributed by atoms with Gasteiger partial charge in [-0.2, -0.15) is 0 Å². The molecule has 0 bridgehead atoms. The lowest BCUT2D eigenvalue weighted by Crippen LogP contribution is -2.10. The van der Waals surface area contributed by atoms with E-state index in [0.717, 1.165) is 0 Å². The molecule has 0 N–H and O–H groups in total. The number of alkyl halides is 1. The minimum atomic E-state index is -0.637. The molecule has 0 saturated heterocycles. The molecule has 0 aliphatic heterocycles. The van der Waals surface area contributed by atoms with Gasteiger partial charge in [0.2, 0.25) is 0 Å². The Morgan fingerprint density at radius 2 is 2.33 bits per heavy atom. The number of ether oxygens (including phenoxy) is 2. The van der Waals surface area contributed by atoms with Gasteiger partial charge in [0.15, 0.2) is 5.01 Å². The van der Waals surface area contributed by atoms with Gasteiger partial charge >= 0.3 is 6.16 Å². The Hall–Kier alpha value is -0.250. The first kappa shape index (κ1) is 8.75. The molecular formula is C5H9BrO3. The summed E-state index contributed by atoms with van der Waals surface area (Å²) >= 11 is 3.02. The van der Waals surface area contributed by atoms with Crippen LogP contribution in [0.5, 0.6) is 0 Å². The molecule has 1 unspecified atom stereocenters. The Kier molecular flexibility index (Phi) is 4.48. The minimum Gasteiger partial charge on any atom is -0.435 e. The average Bonchev–Trinajstić information content (AvgIpc) is 1.63. The summed E-state index contributed by atoms with van der Waals surface area (Å²) in [6, 6.07) is 0. The molecule has 9 heavy (non-hydrogen) atoms. The van der Waals surface area contributed by atoms with E-state index >= 15 is 0 Å². The first-order valence-corrected chi connectivity index (χ1v) is 3.56. The van der Waals surface area contributed by atoms with Crippen LogP contribution >= 0.6 is 15.9 Å². The van der Waals surface area contributed by atoms with Crippen molar-refractivity contribution in [1.29, 1.82) is 0 Å². The van der Waals surface area contributed by atoms with E-state index < -0.39 is 6.16 Å². The second-order valence-electron chi connectivity index (χ2n) is 1.34. The van der Waals surface area contributed by atoms with Crippen molar-refractivity contribution in [3.05, 3.63) is 0 Å². The van der Waals surface area contributed by atoms with Gasteiger partial charge in [-0.05, 0) is 29.8 Å². The van der Waals surface area contributed by atoms with Crippen LogP contribution in [0.15, 0.2) is 0 Å². The fourth-order valence-corrected chi connectivity index (χ4v) is 0.437. The Morgan fingerprint density at radius 3 is 2.67 bits per heavy atom. The van der Waals surface area contributed by atoms with Crippen LogP contribution in [0.3, 0.4) is 0 Å². The zero-order chi connectivity index (χ0) is 7.28. The van der Waals surface area contributed by atoms with Crippen LogP contribution < -0.4 is 0 Å². The third-order valence-electron chi connectivity index (χ3n) is 0.521. The first-order chi connectivity index (χ1) is 4.16. The number of hydrogen-bond acceptors (Lipinski definition) is 3. The maximum Gasteiger partial charge on any atom is 0.509 e. The summed E-state index contributed by atoms with van der Waals surface area (Å²) in [7, 11) is 0. The van der Waals surface area contributed by atoms with Crippen molar-refractivity contribution in [3.63, 3.8) is 0 Å². The second-order valence-corrected chi connectivity index (χ2v) is 2.63. The normalized spacial score (nSPS) is 12.3. The van der Waals surface area contributed by atoms with Crippen molar-refractivity contribution in [2.45, 2.75) is 18.9 Å². The van der Waals surface area contributed by atoms with Gasteiger partial charge in [0, 0.05) is 0 Å². The summed E-state index contributed by atoms with van der Waals surface area (Å²) in [4.78, 5) is 10.4. The van der Waals surface area contributed by atoms with E-state index in [4.69, 9.17) is 0 Å². The molecule has 0 aromatic carbocycles. The van der Waals surface area contributed by atoms with E-state index in [-0.39, 0.29) is 5.01 Å². The highest BCUT2D eigenvalue weighted by molar-refractivity contribution is 9.09. The molecule has 3 nitrogen and oxygen atoms in total. The summed E-state index contributed by atoms with van der Waals surface area (Å²) in [6.45, 7) is 3.76. The van der Waals surface area contributed by atoms with Crippen molar-refractivity contribution in [2.75, 3.05) is 6.61 Å². The fraction of sp³-hybridized carbons (Fsp3) is 0.800. The maximum atomic E-state index is 10.4. The summed E-state index contributed by atoms with van der Waals surface area (Å²) in [6.07, 6.45) is -0.637. The van der Waals surface area contributed by atoms with Crippen LogP contribution in [0, 0.1) is 0 Å². The molecule has 0 saturated carbocycles. The molecule has 4 heteroatoms. The van der Waals surface area contributed by atoms with E-state index in [1.54, 1.807) is 13.8 Å². The maximum absolute atomic E-state index is 10.4. The molecule has 54 valence electrons. The van der Waals surface area contributed by atoms with E-state index in [2.05, 4.69) is 25.4 Å². The first-order valence-electron chi connectivity index (χ1n) is 2.64. The molecule has 0 aromatic heterocycles. The van der Waals surface area contributed by atoms with Crippen LogP contribution in [0.4, 0.5) is 4.79 Å². The van der Waals surface area contributed by atoms with Gasteiger partial charge in [0.1, 0.15) is 0 Å². The number of halogens is 1. The third-order valence-corrected chi connectivity index (χ3v) is 0.708. The molecule has 0 radical (unpaired) electrons. The van der Waals surface area contributed by atoms with Crippen molar-refractivity contribution in [2.24, 2.45) is 0 Å². The van der Waals surface area contributed by atoms with Crippen molar-refractivity contribution in [3.8, 4) is 0 Å². The fourth-order valence-electron chi connectivity index (χ4n) is 0.284. The van der Waals surface area contributed by atoms with E-state index in [1.807, 2.05) is 0 Å². The van der Waals surface area contributed by atoms with E-state index in [0.29, 0.717) is 6.61 Å². The molecule has 0 aliphatic rings. The molecule has 0 aliphatic carbocycles. The Bertz CT molecular complexity index is 92.2. The molecule has 0 aromatic rings. The van der Waals surface area contributed by atoms with Crippen LogP contribution in [0.2, 0.25) is 0 Å². The molecule has 0 heterocycles. The molecule has 0 rings (SSSR count). The van der Waals surface area contributed by atoms with Crippen molar-refractivity contribution < 1.29 is 14.3 Å². The topological polar surface area (TPSA) is 35.5 Å². The predicted molar refractivity (Wildman–Crippen MR) is 36.5 cm³/mol. The van der Waals surface area contributed by atoms with Gasteiger partial charge in [0.05, 0.1) is 6.61 Å². The number of carbonyl (C=O) groups is 1. The van der Waals surface area contributed by atoms with Gasteiger partial charge in [-0.1, -0.05) is 0 Å². The Balaban J connectivity index is 3.27. The minimum absolute atomic E-state index is 0.281. The number of hydrogen-bond donors (Lipinski definition) is 0. The SMILES string of the molecule is CCOC(=O)OC(C)Br. The summed E-state index contributed by atoms with van der Waals surface area (Å²) in [5.41, 5.74) is 0. The average molecular weight is 197 g/mol. The van der Waals surface area contributed by atoms with Crippen LogP contribution in [-0.4, -0.2) is 17.8 Å². The molecule has 0 amide bonds. The van der Waals surface area contributed by atoms with Crippen molar-refractivity contribution in [1.82, 2.24) is 0 Å². The third kappa shape index (κ3) is 5.62. The van der Waals surface area contributed by atoms with E-state index in [9.17, 15) is 4.79 Å². The smallest absolute Gasteiger partial charge is 0.435 e. The monoisotopic (exact) mass is 196 g/mol. The number of rotatable bonds is 2. The molecule has 0 spiro atoms. The summed E-state index contributed by atoms with van der Waals surface area (Å²) in [5, 5.41) is -0.281. The zero-order valence-corrected chi connectivity index (χ0v) is 6.97. The standard InChI is InChI=1S/C5H9BrO3/c1-3-8-5(7)9-4(2)6/h4H,3H2,1-2H3. The lowest BCUT2D eigenvalue weighted by atomic mass is 10.8. The highest BCUT2D eigenvalue weighted by Crippen LogP contribution is 2.00. The van der Waals surface area contributed by atoms with Gasteiger partial charge in [-0.15, -0.1) is 0 Å². The van der Waals surface area contributed by atoms with Gasteiger partial charge in [0.25, 0.3) is 0 Å². The Labute approximate surface area is 62.5 Å². The van der Waals surface area contributed by atoms with Gasteiger partial charge in [-0.25, -0.2) is 4.79 Å². The predicted octanol–water partition coefficient (Wildman–Crippen LogP) is 1.90. The van der Waals surface area contributed by atoms with Crippen LogP contribution in [-0.2, 0) is 9.47 Å². The quantitative estimate of drug-likeness (QED) is 0.500. The van der Waals surface area contributed by atoms with Crippen molar-refractivity contribution >= 4 is 22.1 Å². The molecule has 1 atom stereocenters. The highest BCUT2D eigenvalue weighted by atomic mass is 79.9. The molecular weight excluding hydrogens is 188 g/mol. The lowest BCUT2D eigenvalue weighted by molar-refractivity contribution is 0.0566. The zero-order valence-electron chi connectivity index (χ0n) is 5.39. The Morgan fingerprint density at radius 1 is 1.78 bits per heavy atom. The van der Waals surface area contributed by atoms with E-state index in [1.165, 1.54) is 0 Å². The summed E-state index contributed by atoms with van der Waals surface area (Å²) in [5.74, 6) is 0. The van der Waals surface area contributed by atoms with Crippen LogP contribution in [0.25, 0.3) is 0 Å². The highest BCUT2D eigenvalue weighted by Gasteiger charge is 2.04. The lowest BCUT2D eigenvalue weighted by Gasteiger charge is -2.04. The second kappa shape index (κ2) is 4.61. The van der Waals surface area contributed by atoms with Gasteiger partial charge in [-0.3, -0.25) is 0 Å². The molecule has 0 fully saturated rings. The van der Waals surface area contributed by atoms with Gasteiger partial charge < -0.3 is 9.47 Å². The van der Waals surface area contributed by atoms with Crippen LogP contribution in [0.1, 0.15) is 13.8 Å². The summed E-state index contributed by atoms with van der Waals surface area (Å²) < 4.78 is 9.01. The number of carbonyl (C=O) groups excluding carboxylic acids is 1.